The van der Waals surface area contributed by atoms with Crippen LogP contribution >= 0.6 is 0 Å². The Balaban J connectivity index is 1.85. The van der Waals surface area contributed by atoms with Gasteiger partial charge >= 0.3 is 0 Å². The molecule has 3 rings (SSSR count). The standard InChI is InChI=1S/C28H39N3O5S/c1-5-26(28(33)29-23-11-7-6-8-12-23)31(19-22-10-9-13-24(18-22)36-4)27(32)20-30(3)37(34,35)25-16-14-21(2)15-17-25/h9-10,13-18,23,26H,5-8,11-12,19-20H2,1-4H3,(H,29,33)/t26-/m1/s1. The number of methoxy groups -OCH3 is 1. The first kappa shape index (κ1) is 28.7. The lowest BCUT2D eigenvalue weighted by molar-refractivity contribution is -0.141. The zero-order valence-corrected chi connectivity index (χ0v) is 23.1. The van der Waals surface area contributed by atoms with E-state index in [1.807, 2.05) is 38.1 Å². The molecule has 0 aromatic heterocycles. The molecule has 0 aliphatic heterocycles. The Morgan fingerprint density at radius 3 is 2.38 bits per heavy atom. The average Bonchev–Trinajstić information content (AvgIpc) is 2.89. The van der Waals surface area contributed by atoms with Crippen molar-refractivity contribution >= 4 is 21.8 Å². The molecule has 2 aromatic carbocycles. The molecule has 1 atom stereocenters. The number of carbonyl (C=O) groups is 2. The maximum atomic E-state index is 13.7. The van der Waals surface area contributed by atoms with Crippen molar-refractivity contribution in [1.29, 1.82) is 0 Å². The molecule has 2 amide bonds. The predicted octanol–water partition coefficient (Wildman–Crippen LogP) is 3.88. The van der Waals surface area contributed by atoms with Crippen LogP contribution in [0.2, 0.25) is 0 Å². The van der Waals surface area contributed by atoms with Gasteiger partial charge in [-0.3, -0.25) is 9.59 Å². The number of carbonyl (C=O) groups excluding carboxylic acids is 2. The van der Waals surface area contributed by atoms with Crippen LogP contribution in [-0.2, 0) is 26.2 Å². The molecule has 0 heterocycles. The minimum absolute atomic E-state index is 0.105. The van der Waals surface area contributed by atoms with Crippen LogP contribution in [0.4, 0.5) is 0 Å². The normalized spacial score (nSPS) is 15.3. The monoisotopic (exact) mass is 529 g/mol. The van der Waals surface area contributed by atoms with Crippen LogP contribution in [0.5, 0.6) is 5.75 Å². The fraction of sp³-hybridized carbons (Fsp3) is 0.500. The Morgan fingerprint density at radius 2 is 1.76 bits per heavy atom. The number of rotatable bonds is 11. The van der Waals surface area contributed by atoms with Crippen molar-refractivity contribution in [3.8, 4) is 5.75 Å². The Labute approximate surface area is 221 Å². The van der Waals surface area contributed by atoms with E-state index in [9.17, 15) is 18.0 Å². The van der Waals surface area contributed by atoms with E-state index in [0.29, 0.717) is 12.2 Å². The molecule has 0 spiro atoms. The number of sulfonamides is 1. The third kappa shape index (κ3) is 7.55. The summed E-state index contributed by atoms with van der Waals surface area (Å²) in [5.74, 6) is 0.00464. The Hall–Kier alpha value is -2.91. The highest BCUT2D eigenvalue weighted by atomic mass is 32.2. The van der Waals surface area contributed by atoms with Crippen LogP contribution in [0.25, 0.3) is 0 Å². The van der Waals surface area contributed by atoms with Gasteiger partial charge < -0.3 is 15.0 Å². The van der Waals surface area contributed by atoms with Crippen LogP contribution < -0.4 is 10.1 Å². The number of nitrogens with zero attached hydrogens (tertiary/aromatic N) is 2. The second-order valence-electron chi connectivity index (χ2n) is 9.71. The van der Waals surface area contributed by atoms with E-state index < -0.39 is 22.0 Å². The molecule has 9 heteroatoms. The van der Waals surface area contributed by atoms with Crippen LogP contribution in [0, 0.1) is 6.92 Å². The zero-order valence-electron chi connectivity index (χ0n) is 22.3. The van der Waals surface area contributed by atoms with Crippen molar-refractivity contribution in [3.63, 3.8) is 0 Å². The number of hydrogen-bond donors (Lipinski definition) is 1. The number of amides is 2. The summed E-state index contributed by atoms with van der Waals surface area (Å²) in [7, 11) is -0.920. The van der Waals surface area contributed by atoms with Crippen LogP contribution in [0.1, 0.15) is 56.6 Å². The highest BCUT2D eigenvalue weighted by Gasteiger charge is 2.32. The maximum absolute atomic E-state index is 13.7. The molecule has 8 nitrogen and oxygen atoms in total. The van der Waals surface area contributed by atoms with Gasteiger partial charge in [-0.25, -0.2) is 8.42 Å². The molecule has 0 bridgehead atoms. The summed E-state index contributed by atoms with van der Waals surface area (Å²) in [5.41, 5.74) is 1.73. The first-order valence-corrected chi connectivity index (χ1v) is 14.4. The van der Waals surface area contributed by atoms with Gasteiger partial charge in [0, 0.05) is 19.6 Å². The van der Waals surface area contributed by atoms with Crippen LogP contribution in [0.3, 0.4) is 0 Å². The molecular weight excluding hydrogens is 490 g/mol. The van der Waals surface area contributed by atoms with E-state index in [4.69, 9.17) is 4.74 Å². The van der Waals surface area contributed by atoms with Gasteiger partial charge in [0.25, 0.3) is 0 Å². The van der Waals surface area contributed by atoms with Crippen molar-refractivity contribution in [2.75, 3.05) is 20.7 Å². The quantitative estimate of drug-likeness (QED) is 0.477. The first-order valence-electron chi connectivity index (χ1n) is 12.9. The van der Waals surface area contributed by atoms with Gasteiger partial charge in [0.2, 0.25) is 21.8 Å². The summed E-state index contributed by atoms with van der Waals surface area (Å²) < 4.78 is 32.7. The molecule has 0 unspecified atom stereocenters. The fourth-order valence-electron chi connectivity index (χ4n) is 4.69. The maximum Gasteiger partial charge on any atom is 0.243 e. The van der Waals surface area contributed by atoms with E-state index in [1.54, 1.807) is 19.2 Å². The minimum atomic E-state index is -3.88. The van der Waals surface area contributed by atoms with Crippen molar-refractivity contribution < 1.29 is 22.7 Å². The van der Waals surface area contributed by atoms with E-state index in [0.717, 1.165) is 41.1 Å². The van der Waals surface area contributed by atoms with Gasteiger partial charge in [-0.05, 0) is 56.0 Å². The lowest BCUT2D eigenvalue weighted by Crippen LogP contribution is -2.53. The molecule has 2 aromatic rings. The summed E-state index contributed by atoms with van der Waals surface area (Å²) >= 11 is 0. The van der Waals surface area contributed by atoms with Crippen molar-refractivity contribution in [3.05, 3.63) is 59.7 Å². The average molecular weight is 530 g/mol. The number of nitrogens with one attached hydrogen (secondary N) is 1. The molecule has 1 saturated carbocycles. The Morgan fingerprint density at radius 1 is 1.08 bits per heavy atom. The second kappa shape index (κ2) is 13.1. The first-order chi connectivity index (χ1) is 17.6. The molecule has 0 radical (unpaired) electrons. The van der Waals surface area contributed by atoms with E-state index >= 15 is 0 Å². The summed E-state index contributed by atoms with van der Waals surface area (Å²) in [4.78, 5) is 28.6. The van der Waals surface area contributed by atoms with E-state index in [2.05, 4.69) is 5.32 Å². The second-order valence-corrected chi connectivity index (χ2v) is 11.8. The topological polar surface area (TPSA) is 96.0 Å². The zero-order chi connectivity index (χ0) is 27.0. The lowest BCUT2D eigenvalue weighted by Gasteiger charge is -2.33. The van der Waals surface area contributed by atoms with Crippen molar-refractivity contribution in [1.82, 2.24) is 14.5 Å². The molecule has 0 saturated heterocycles. The number of hydrogen-bond acceptors (Lipinski definition) is 5. The predicted molar refractivity (Wildman–Crippen MR) is 144 cm³/mol. The smallest absolute Gasteiger partial charge is 0.243 e. The molecule has 1 aliphatic rings. The summed E-state index contributed by atoms with van der Waals surface area (Å²) in [5, 5.41) is 3.14. The highest BCUT2D eigenvalue weighted by molar-refractivity contribution is 7.89. The molecular formula is C28H39N3O5S. The summed E-state index contributed by atoms with van der Waals surface area (Å²) in [6.45, 7) is 3.52. The van der Waals surface area contributed by atoms with Gasteiger partial charge in [-0.2, -0.15) is 4.31 Å². The van der Waals surface area contributed by atoms with E-state index in [-0.39, 0.29) is 29.9 Å². The highest BCUT2D eigenvalue weighted by Crippen LogP contribution is 2.21. The SMILES string of the molecule is CC[C@H](C(=O)NC1CCCCC1)N(Cc1cccc(OC)c1)C(=O)CN(C)S(=O)(=O)c1ccc(C)cc1. The number of aryl methyl sites for hydroxylation is 1. The largest absolute Gasteiger partial charge is 0.497 e. The Kier molecular flexibility index (Phi) is 10.1. The third-order valence-electron chi connectivity index (χ3n) is 6.91. The number of ether oxygens (including phenoxy) is 1. The fourth-order valence-corrected chi connectivity index (χ4v) is 5.81. The van der Waals surface area contributed by atoms with E-state index in [1.165, 1.54) is 30.5 Å². The van der Waals surface area contributed by atoms with Crippen LogP contribution in [-0.4, -0.2) is 62.2 Å². The molecule has 1 N–H and O–H groups in total. The molecule has 37 heavy (non-hydrogen) atoms. The summed E-state index contributed by atoms with van der Waals surface area (Å²) in [6, 6.07) is 13.2. The lowest BCUT2D eigenvalue weighted by atomic mass is 9.95. The number of likely N-dealkylation sites (N-methyl/N-ethyl adjacent to an activating group) is 1. The van der Waals surface area contributed by atoms with Crippen LogP contribution in [0.15, 0.2) is 53.4 Å². The molecule has 1 fully saturated rings. The van der Waals surface area contributed by atoms with Gasteiger partial charge in [0.15, 0.2) is 0 Å². The van der Waals surface area contributed by atoms with Gasteiger partial charge in [0.05, 0.1) is 18.6 Å². The van der Waals surface area contributed by atoms with Gasteiger partial charge in [-0.1, -0.05) is 56.0 Å². The number of benzene rings is 2. The molecule has 202 valence electrons. The van der Waals surface area contributed by atoms with Crippen molar-refractivity contribution in [2.45, 2.75) is 75.9 Å². The summed E-state index contributed by atoms with van der Waals surface area (Å²) in [6.07, 6.45) is 5.60. The Bertz CT molecular complexity index is 1160. The third-order valence-corrected chi connectivity index (χ3v) is 8.73. The minimum Gasteiger partial charge on any atom is -0.497 e. The van der Waals surface area contributed by atoms with Gasteiger partial charge in [0.1, 0.15) is 11.8 Å². The van der Waals surface area contributed by atoms with Crippen molar-refractivity contribution in [2.24, 2.45) is 0 Å². The molecule has 1 aliphatic carbocycles. The van der Waals surface area contributed by atoms with Gasteiger partial charge in [-0.15, -0.1) is 0 Å².